The average Bonchev–Trinajstić information content (AvgIpc) is 3.12. The van der Waals surface area contributed by atoms with Crippen molar-refractivity contribution in [3.63, 3.8) is 0 Å². The standard InChI is InChI=1S/C19H22N4O3/c1-12(24)18-20-10-17(22-18)26-15-4-2-14(3-5-15)19(25)21-16-11-23-8-6-13(16)7-9-23/h2-5,10,13,16H,6-9,11H2,1H3,(H,20,22)(H,21,25)/t16-/m0/s1. The molecule has 0 radical (unpaired) electrons. The molecule has 4 heterocycles. The highest BCUT2D eigenvalue weighted by Gasteiger charge is 2.34. The lowest BCUT2D eigenvalue weighted by Gasteiger charge is -2.44. The van der Waals surface area contributed by atoms with Gasteiger partial charge in [0.25, 0.3) is 5.91 Å². The lowest BCUT2D eigenvalue weighted by atomic mass is 9.84. The van der Waals surface area contributed by atoms with E-state index in [4.69, 9.17) is 4.74 Å². The third-order valence-electron chi connectivity index (χ3n) is 5.20. The molecule has 2 N–H and O–H groups in total. The monoisotopic (exact) mass is 354 g/mol. The van der Waals surface area contributed by atoms with Crippen molar-refractivity contribution >= 4 is 11.7 Å². The van der Waals surface area contributed by atoms with Crippen LogP contribution in [0.3, 0.4) is 0 Å². The number of aromatic nitrogens is 2. The zero-order chi connectivity index (χ0) is 18.1. The van der Waals surface area contributed by atoms with Crippen LogP contribution in [-0.2, 0) is 0 Å². The number of fused-ring (bicyclic) bond motifs is 3. The summed E-state index contributed by atoms with van der Waals surface area (Å²) in [4.78, 5) is 32.9. The Hall–Kier alpha value is -2.67. The normalized spacial score (nSPS) is 24.3. The van der Waals surface area contributed by atoms with Crippen LogP contribution in [0.5, 0.6) is 11.6 Å². The Morgan fingerprint density at radius 1 is 1.23 bits per heavy atom. The van der Waals surface area contributed by atoms with Crippen LogP contribution < -0.4 is 10.1 Å². The summed E-state index contributed by atoms with van der Waals surface area (Å²) in [6.07, 6.45) is 3.80. The number of nitrogens with zero attached hydrogens (tertiary/aromatic N) is 2. The van der Waals surface area contributed by atoms with Crippen LogP contribution >= 0.6 is 0 Å². The Kier molecular flexibility index (Phi) is 4.46. The van der Waals surface area contributed by atoms with Crippen molar-refractivity contribution in [1.29, 1.82) is 0 Å². The molecule has 26 heavy (non-hydrogen) atoms. The van der Waals surface area contributed by atoms with Crippen molar-refractivity contribution in [3.05, 3.63) is 41.9 Å². The molecule has 5 rings (SSSR count). The van der Waals surface area contributed by atoms with E-state index in [0.717, 1.165) is 19.6 Å². The zero-order valence-electron chi connectivity index (χ0n) is 14.7. The van der Waals surface area contributed by atoms with Crippen molar-refractivity contribution in [2.45, 2.75) is 25.8 Å². The Labute approximate surface area is 151 Å². The molecule has 1 aromatic heterocycles. The second kappa shape index (κ2) is 6.92. The second-order valence-electron chi connectivity index (χ2n) is 7.00. The van der Waals surface area contributed by atoms with Crippen molar-refractivity contribution in [2.75, 3.05) is 19.6 Å². The number of Topliss-reactive ketones (excluding diaryl/α,β-unsaturated/α-hetero) is 1. The molecule has 2 bridgehead atoms. The van der Waals surface area contributed by atoms with Crippen molar-refractivity contribution < 1.29 is 14.3 Å². The summed E-state index contributed by atoms with van der Waals surface area (Å²) >= 11 is 0. The molecule has 1 amide bonds. The minimum absolute atomic E-state index is 0.0456. The van der Waals surface area contributed by atoms with Gasteiger partial charge in [-0.2, -0.15) is 0 Å². The van der Waals surface area contributed by atoms with Crippen molar-refractivity contribution in [3.8, 4) is 11.6 Å². The number of nitrogens with one attached hydrogen (secondary N) is 2. The Morgan fingerprint density at radius 2 is 1.96 bits per heavy atom. The highest BCUT2D eigenvalue weighted by atomic mass is 16.5. The van der Waals surface area contributed by atoms with E-state index in [0.29, 0.717) is 23.1 Å². The van der Waals surface area contributed by atoms with Gasteiger partial charge in [-0.05, 0) is 56.1 Å². The van der Waals surface area contributed by atoms with Gasteiger partial charge in [0.2, 0.25) is 5.88 Å². The predicted molar refractivity (Wildman–Crippen MR) is 95.5 cm³/mol. The fourth-order valence-electron chi connectivity index (χ4n) is 3.72. The molecular formula is C19H22N4O3. The zero-order valence-corrected chi connectivity index (χ0v) is 14.7. The van der Waals surface area contributed by atoms with Crippen molar-refractivity contribution in [1.82, 2.24) is 20.2 Å². The molecule has 0 unspecified atom stereocenters. The Morgan fingerprint density at radius 3 is 2.54 bits per heavy atom. The fraction of sp³-hybridized carbons (Fsp3) is 0.421. The smallest absolute Gasteiger partial charge is 0.251 e. The van der Waals surface area contributed by atoms with Gasteiger partial charge in [0.15, 0.2) is 11.6 Å². The van der Waals surface area contributed by atoms with E-state index in [2.05, 4.69) is 20.2 Å². The Bertz CT molecular complexity index is 806. The molecule has 0 aliphatic carbocycles. The molecule has 0 spiro atoms. The average molecular weight is 354 g/mol. The molecule has 3 aliphatic heterocycles. The number of ether oxygens (including phenoxy) is 1. The fourth-order valence-corrected chi connectivity index (χ4v) is 3.72. The maximum Gasteiger partial charge on any atom is 0.251 e. The number of H-pyrrole nitrogens is 1. The minimum Gasteiger partial charge on any atom is -0.439 e. The summed E-state index contributed by atoms with van der Waals surface area (Å²) in [5.41, 5.74) is 0.614. The van der Waals surface area contributed by atoms with Gasteiger partial charge in [0.05, 0.1) is 6.20 Å². The van der Waals surface area contributed by atoms with E-state index in [9.17, 15) is 9.59 Å². The van der Waals surface area contributed by atoms with Gasteiger partial charge in [-0.15, -0.1) is 0 Å². The second-order valence-corrected chi connectivity index (χ2v) is 7.00. The van der Waals surface area contributed by atoms with E-state index in [1.807, 2.05) is 0 Å². The van der Waals surface area contributed by atoms with Crippen LogP contribution in [0.15, 0.2) is 30.5 Å². The molecule has 7 nitrogen and oxygen atoms in total. The summed E-state index contributed by atoms with van der Waals surface area (Å²) in [5, 5.41) is 3.18. The van der Waals surface area contributed by atoms with Gasteiger partial charge in [-0.25, -0.2) is 4.98 Å². The molecule has 1 atom stereocenters. The predicted octanol–water partition coefficient (Wildman–Crippen LogP) is 2.23. The first-order valence-electron chi connectivity index (χ1n) is 8.95. The summed E-state index contributed by atoms with van der Waals surface area (Å²) in [6.45, 7) is 4.70. The van der Waals surface area contributed by atoms with Crippen LogP contribution in [0.25, 0.3) is 0 Å². The number of ketones is 1. The summed E-state index contributed by atoms with van der Waals surface area (Å²) < 4.78 is 5.63. The largest absolute Gasteiger partial charge is 0.439 e. The number of imidazole rings is 1. The van der Waals surface area contributed by atoms with Gasteiger partial charge in [0.1, 0.15) is 5.75 Å². The number of piperidine rings is 3. The van der Waals surface area contributed by atoms with Crippen LogP contribution in [-0.4, -0.2) is 52.2 Å². The quantitative estimate of drug-likeness (QED) is 0.804. The van der Waals surface area contributed by atoms with Gasteiger partial charge >= 0.3 is 0 Å². The van der Waals surface area contributed by atoms with E-state index < -0.39 is 0 Å². The summed E-state index contributed by atoms with van der Waals surface area (Å²) in [5.74, 6) is 1.62. The van der Waals surface area contributed by atoms with Gasteiger partial charge < -0.3 is 19.9 Å². The topological polar surface area (TPSA) is 87.3 Å². The van der Waals surface area contributed by atoms with Crippen LogP contribution in [0.2, 0.25) is 0 Å². The first-order chi connectivity index (χ1) is 12.6. The van der Waals surface area contributed by atoms with E-state index in [-0.39, 0.29) is 23.6 Å². The van der Waals surface area contributed by atoms with E-state index in [1.165, 1.54) is 26.0 Å². The molecule has 3 aliphatic rings. The molecule has 7 heteroatoms. The maximum atomic E-state index is 12.5. The number of hydrogen-bond acceptors (Lipinski definition) is 5. The number of carbonyl (C=O) groups excluding carboxylic acids is 2. The van der Waals surface area contributed by atoms with Crippen molar-refractivity contribution in [2.24, 2.45) is 5.92 Å². The van der Waals surface area contributed by atoms with E-state index >= 15 is 0 Å². The molecule has 136 valence electrons. The van der Waals surface area contributed by atoms with Gasteiger partial charge in [-0.1, -0.05) is 0 Å². The van der Waals surface area contributed by atoms with Crippen LogP contribution in [0, 0.1) is 5.92 Å². The Balaban J connectivity index is 1.37. The SMILES string of the molecule is CC(=O)c1ncc(Oc2ccc(C(=O)N[C@H]3CN4CCC3CC4)cc2)[nH]1. The number of benzene rings is 1. The summed E-state index contributed by atoms with van der Waals surface area (Å²) in [7, 11) is 0. The highest BCUT2D eigenvalue weighted by molar-refractivity contribution is 5.94. The van der Waals surface area contributed by atoms with Gasteiger partial charge in [-0.3, -0.25) is 9.59 Å². The molecule has 3 fully saturated rings. The van der Waals surface area contributed by atoms with E-state index in [1.54, 1.807) is 24.3 Å². The molecule has 2 aromatic rings. The third-order valence-corrected chi connectivity index (χ3v) is 5.20. The minimum atomic E-state index is -0.153. The van der Waals surface area contributed by atoms with Crippen LogP contribution in [0.1, 0.15) is 40.7 Å². The first-order valence-corrected chi connectivity index (χ1v) is 8.95. The molecule has 0 saturated carbocycles. The molecule has 1 aromatic carbocycles. The number of hydrogen-bond donors (Lipinski definition) is 2. The highest BCUT2D eigenvalue weighted by Crippen LogP contribution is 2.28. The van der Waals surface area contributed by atoms with Gasteiger partial charge in [0, 0.05) is 25.1 Å². The maximum absolute atomic E-state index is 12.5. The number of rotatable bonds is 5. The molecule has 3 saturated heterocycles. The first kappa shape index (κ1) is 16.8. The van der Waals surface area contributed by atoms with Crippen LogP contribution in [0.4, 0.5) is 0 Å². The number of carbonyl (C=O) groups is 2. The lowest BCUT2D eigenvalue weighted by molar-refractivity contribution is 0.0620. The molecular weight excluding hydrogens is 332 g/mol. The number of amides is 1. The summed E-state index contributed by atoms with van der Waals surface area (Å²) in [6, 6.07) is 7.21. The lowest BCUT2D eigenvalue weighted by Crippen LogP contribution is -2.57. The number of aromatic amines is 1. The third kappa shape index (κ3) is 3.48.